The Labute approximate surface area is 106 Å². The fourth-order valence-electron chi connectivity index (χ4n) is 1.56. The number of anilines is 2. The molecule has 0 spiro atoms. The molecule has 98 valence electrons. The van der Waals surface area contributed by atoms with E-state index >= 15 is 0 Å². The van der Waals surface area contributed by atoms with Gasteiger partial charge in [-0.2, -0.15) is 0 Å². The van der Waals surface area contributed by atoms with Crippen molar-refractivity contribution in [2.45, 2.75) is 32.2 Å². The molecule has 7 heteroatoms. The van der Waals surface area contributed by atoms with Crippen LogP contribution in [0.1, 0.15) is 25.1 Å². The van der Waals surface area contributed by atoms with Crippen molar-refractivity contribution in [1.29, 1.82) is 0 Å². The van der Waals surface area contributed by atoms with Crippen molar-refractivity contribution in [1.82, 2.24) is 15.3 Å². The molecule has 7 nitrogen and oxygen atoms in total. The SMILES string of the molecule is Cc1nc(NN)cc(NCCC(=O)NC2CC2)n1. The normalized spacial score (nSPS) is 14.1. The van der Waals surface area contributed by atoms with Crippen LogP contribution in [-0.4, -0.2) is 28.5 Å². The van der Waals surface area contributed by atoms with Gasteiger partial charge in [-0.15, -0.1) is 0 Å². The monoisotopic (exact) mass is 250 g/mol. The number of hydrogen-bond acceptors (Lipinski definition) is 6. The molecule has 0 radical (unpaired) electrons. The third kappa shape index (κ3) is 3.85. The Morgan fingerprint density at radius 3 is 2.83 bits per heavy atom. The number of hydrazine groups is 1. The second-order valence-electron chi connectivity index (χ2n) is 4.35. The Morgan fingerprint density at radius 1 is 1.44 bits per heavy atom. The molecule has 0 bridgehead atoms. The summed E-state index contributed by atoms with van der Waals surface area (Å²) in [6.45, 7) is 2.32. The fraction of sp³-hybridized carbons (Fsp3) is 0.545. The summed E-state index contributed by atoms with van der Waals surface area (Å²) in [5, 5.41) is 6.01. The van der Waals surface area contributed by atoms with E-state index in [-0.39, 0.29) is 5.91 Å². The van der Waals surface area contributed by atoms with Crippen LogP contribution in [0.5, 0.6) is 0 Å². The molecule has 0 unspecified atom stereocenters. The lowest BCUT2D eigenvalue weighted by atomic mass is 10.4. The molecule has 0 aromatic carbocycles. The number of nitrogens with zero attached hydrogens (tertiary/aromatic N) is 2. The zero-order chi connectivity index (χ0) is 13.0. The van der Waals surface area contributed by atoms with E-state index in [0.717, 1.165) is 12.8 Å². The summed E-state index contributed by atoms with van der Waals surface area (Å²) in [6, 6.07) is 2.11. The van der Waals surface area contributed by atoms with Crippen LogP contribution in [0.2, 0.25) is 0 Å². The number of nitrogens with two attached hydrogens (primary N) is 1. The van der Waals surface area contributed by atoms with Gasteiger partial charge in [-0.05, 0) is 19.8 Å². The molecular weight excluding hydrogens is 232 g/mol. The number of aryl methyl sites for hydroxylation is 1. The van der Waals surface area contributed by atoms with E-state index in [1.54, 1.807) is 13.0 Å². The maximum absolute atomic E-state index is 11.5. The lowest BCUT2D eigenvalue weighted by Gasteiger charge is -2.08. The average Bonchev–Trinajstić information content (AvgIpc) is 3.12. The molecule has 5 N–H and O–H groups in total. The lowest BCUT2D eigenvalue weighted by Crippen LogP contribution is -2.27. The third-order valence-electron chi connectivity index (χ3n) is 2.59. The number of carbonyl (C=O) groups excluding carboxylic acids is 1. The van der Waals surface area contributed by atoms with Gasteiger partial charge in [0.05, 0.1) is 0 Å². The summed E-state index contributed by atoms with van der Waals surface area (Å²) >= 11 is 0. The van der Waals surface area contributed by atoms with E-state index in [9.17, 15) is 4.79 Å². The Bertz CT molecular complexity index is 432. The van der Waals surface area contributed by atoms with E-state index in [1.807, 2.05) is 0 Å². The van der Waals surface area contributed by atoms with Gasteiger partial charge in [-0.25, -0.2) is 15.8 Å². The Morgan fingerprint density at radius 2 is 2.17 bits per heavy atom. The molecule has 1 aromatic rings. The van der Waals surface area contributed by atoms with Crippen molar-refractivity contribution in [3.05, 3.63) is 11.9 Å². The van der Waals surface area contributed by atoms with Crippen LogP contribution in [0, 0.1) is 6.92 Å². The van der Waals surface area contributed by atoms with Gasteiger partial charge < -0.3 is 16.1 Å². The van der Waals surface area contributed by atoms with Crippen LogP contribution in [0.4, 0.5) is 11.6 Å². The third-order valence-corrected chi connectivity index (χ3v) is 2.59. The quantitative estimate of drug-likeness (QED) is 0.423. The largest absolute Gasteiger partial charge is 0.369 e. The molecule has 18 heavy (non-hydrogen) atoms. The first-order chi connectivity index (χ1) is 8.67. The highest BCUT2D eigenvalue weighted by Crippen LogP contribution is 2.18. The summed E-state index contributed by atoms with van der Waals surface area (Å²) < 4.78 is 0. The van der Waals surface area contributed by atoms with Gasteiger partial charge in [0.15, 0.2) is 0 Å². The van der Waals surface area contributed by atoms with Crippen LogP contribution >= 0.6 is 0 Å². The van der Waals surface area contributed by atoms with Crippen LogP contribution in [0.15, 0.2) is 6.07 Å². The van der Waals surface area contributed by atoms with E-state index in [0.29, 0.717) is 36.5 Å². The lowest BCUT2D eigenvalue weighted by molar-refractivity contribution is -0.120. The Balaban J connectivity index is 1.78. The maximum atomic E-state index is 11.5. The topological polar surface area (TPSA) is 105 Å². The fourth-order valence-corrected chi connectivity index (χ4v) is 1.56. The van der Waals surface area contributed by atoms with Crippen LogP contribution in [0.3, 0.4) is 0 Å². The van der Waals surface area contributed by atoms with E-state index < -0.39 is 0 Å². The van der Waals surface area contributed by atoms with Crippen molar-refractivity contribution in [3.8, 4) is 0 Å². The van der Waals surface area contributed by atoms with Crippen LogP contribution in [-0.2, 0) is 4.79 Å². The highest BCUT2D eigenvalue weighted by atomic mass is 16.1. The summed E-state index contributed by atoms with van der Waals surface area (Å²) in [4.78, 5) is 19.7. The van der Waals surface area contributed by atoms with E-state index in [2.05, 4.69) is 26.0 Å². The standard InChI is InChI=1S/C11H18N6O/c1-7-14-9(6-10(15-7)17-12)13-5-4-11(18)16-8-2-3-8/h6,8H,2-5,12H2,1H3,(H,16,18)(H2,13,14,15,17). The number of hydrogen-bond donors (Lipinski definition) is 4. The average molecular weight is 250 g/mol. The summed E-state index contributed by atoms with van der Waals surface area (Å²) in [5.41, 5.74) is 2.47. The summed E-state index contributed by atoms with van der Waals surface area (Å²) in [5.74, 6) is 7.20. The molecule has 2 rings (SSSR count). The molecule has 1 aromatic heterocycles. The predicted molar refractivity (Wildman–Crippen MR) is 68.9 cm³/mol. The smallest absolute Gasteiger partial charge is 0.221 e. The van der Waals surface area contributed by atoms with Crippen molar-refractivity contribution in [2.24, 2.45) is 5.84 Å². The molecular formula is C11H18N6O. The zero-order valence-electron chi connectivity index (χ0n) is 10.4. The highest BCUT2D eigenvalue weighted by Gasteiger charge is 2.22. The molecule has 1 saturated carbocycles. The van der Waals surface area contributed by atoms with Gasteiger partial charge in [0.1, 0.15) is 17.5 Å². The number of amides is 1. The van der Waals surface area contributed by atoms with Crippen molar-refractivity contribution < 1.29 is 4.79 Å². The minimum absolute atomic E-state index is 0.0768. The Hall–Kier alpha value is -1.89. The molecule has 1 amide bonds. The van der Waals surface area contributed by atoms with Gasteiger partial charge >= 0.3 is 0 Å². The minimum atomic E-state index is 0.0768. The molecule has 1 aliphatic rings. The van der Waals surface area contributed by atoms with Crippen LogP contribution < -0.4 is 21.9 Å². The van der Waals surface area contributed by atoms with Crippen molar-refractivity contribution in [2.75, 3.05) is 17.3 Å². The zero-order valence-corrected chi connectivity index (χ0v) is 10.4. The first-order valence-electron chi connectivity index (χ1n) is 6.03. The molecule has 0 saturated heterocycles. The van der Waals surface area contributed by atoms with E-state index in [4.69, 9.17) is 5.84 Å². The molecule has 1 fully saturated rings. The Kier molecular flexibility index (Phi) is 3.93. The van der Waals surface area contributed by atoms with Gasteiger partial charge in [-0.1, -0.05) is 0 Å². The molecule has 0 atom stereocenters. The maximum Gasteiger partial charge on any atom is 0.221 e. The van der Waals surface area contributed by atoms with E-state index in [1.165, 1.54) is 0 Å². The van der Waals surface area contributed by atoms with Gasteiger partial charge in [-0.3, -0.25) is 4.79 Å². The first kappa shape index (κ1) is 12.6. The number of carbonyl (C=O) groups is 1. The second kappa shape index (κ2) is 5.63. The molecule has 0 aliphatic heterocycles. The number of nitrogens with one attached hydrogen (secondary N) is 3. The number of nitrogen functional groups attached to an aromatic ring is 1. The summed E-state index contributed by atoms with van der Waals surface area (Å²) in [6.07, 6.45) is 2.65. The van der Waals surface area contributed by atoms with Crippen LogP contribution in [0.25, 0.3) is 0 Å². The second-order valence-corrected chi connectivity index (χ2v) is 4.35. The van der Waals surface area contributed by atoms with Crippen molar-refractivity contribution in [3.63, 3.8) is 0 Å². The summed E-state index contributed by atoms with van der Waals surface area (Å²) in [7, 11) is 0. The predicted octanol–water partition coefficient (Wildman–Crippen LogP) is 0.151. The van der Waals surface area contributed by atoms with Crippen molar-refractivity contribution >= 4 is 17.5 Å². The van der Waals surface area contributed by atoms with Gasteiger partial charge in [0.25, 0.3) is 0 Å². The van der Waals surface area contributed by atoms with Gasteiger partial charge in [0, 0.05) is 25.1 Å². The highest BCUT2D eigenvalue weighted by molar-refractivity contribution is 5.77. The number of rotatable bonds is 6. The number of aromatic nitrogens is 2. The molecule has 1 aliphatic carbocycles. The minimum Gasteiger partial charge on any atom is -0.369 e. The first-order valence-corrected chi connectivity index (χ1v) is 6.03. The molecule has 1 heterocycles. The van der Waals surface area contributed by atoms with Gasteiger partial charge in [0.2, 0.25) is 5.91 Å².